The number of halogens is 4. The predicted molar refractivity (Wildman–Crippen MR) is 127 cm³/mol. The number of nitrogens with one attached hydrogen (secondary N) is 1. The van der Waals surface area contributed by atoms with Crippen molar-refractivity contribution >= 4 is 23.0 Å². The van der Waals surface area contributed by atoms with Gasteiger partial charge in [0, 0.05) is 17.7 Å². The number of benzene rings is 2. The minimum Gasteiger partial charge on any atom is -0.496 e. The van der Waals surface area contributed by atoms with Gasteiger partial charge in [0.2, 0.25) is 11.7 Å². The van der Waals surface area contributed by atoms with Gasteiger partial charge in [-0.15, -0.1) is 0 Å². The Bertz CT molecular complexity index is 1510. The summed E-state index contributed by atoms with van der Waals surface area (Å²) in [5.41, 5.74) is 7.23. The summed E-state index contributed by atoms with van der Waals surface area (Å²) in [6, 6.07) is 9.48. The molecule has 12 heteroatoms. The number of primary amides is 1. The van der Waals surface area contributed by atoms with Gasteiger partial charge >= 0.3 is 6.18 Å². The number of ether oxygens (including phenoxy) is 1. The molecule has 0 atom stereocenters. The zero-order valence-corrected chi connectivity index (χ0v) is 19.7. The van der Waals surface area contributed by atoms with Gasteiger partial charge in [-0.25, -0.2) is 13.9 Å². The molecule has 0 saturated carbocycles. The zero-order chi connectivity index (χ0) is 26.9. The Morgan fingerprint density at radius 3 is 2.51 bits per heavy atom. The van der Waals surface area contributed by atoms with Crippen LogP contribution in [0, 0.1) is 12.7 Å². The van der Waals surface area contributed by atoms with Crippen LogP contribution in [-0.4, -0.2) is 46.1 Å². The third-order valence-corrected chi connectivity index (χ3v) is 5.62. The van der Waals surface area contributed by atoms with Gasteiger partial charge in [0.15, 0.2) is 5.65 Å². The Morgan fingerprint density at radius 1 is 1.11 bits per heavy atom. The van der Waals surface area contributed by atoms with Crippen molar-refractivity contribution in [3.63, 3.8) is 0 Å². The number of aryl methyl sites for hydroxylation is 1. The van der Waals surface area contributed by atoms with Crippen LogP contribution in [0.25, 0.3) is 16.9 Å². The second-order valence-corrected chi connectivity index (χ2v) is 8.18. The lowest BCUT2D eigenvalue weighted by Crippen LogP contribution is -2.16. The second kappa shape index (κ2) is 9.88. The molecule has 0 bridgehead atoms. The van der Waals surface area contributed by atoms with E-state index in [0.717, 1.165) is 12.1 Å². The van der Waals surface area contributed by atoms with Gasteiger partial charge < -0.3 is 15.8 Å². The summed E-state index contributed by atoms with van der Waals surface area (Å²) in [4.78, 5) is 29.2. The minimum atomic E-state index is -4.40. The Balaban J connectivity index is 1.86. The SMILES string of the molecule is COc1ccc(F)cc1C(=O)c1cc(NCCC(F)(F)F)c2ncc(-c3ccc(C(N)=O)c(C)c3)n2n1. The number of hydrogen-bond acceptors (Lipinski definition) is 6. The number of nitrogens with two attached hydrogens (primary N) is 1. The van der Waals surface area contributed by atoms with Gasteiger partial charge in [0.1, 0.15) is 17.3 Å². The molecular formula is C25H21F4N5O3. The molecule has 2 aromatic heterocycles. The van der Waals surface area contributed by atoms with Gasteiger partial charge in [0.25, 0.3) is 0 Å². The molecule has 2 aromatic carbocycles. The highest BCUT2D eigenvalue weighted by Crippen LogP contribution is 2.29. The summed E-state index contributed by atoms with van der Waals surface area (Å²) < 4.78 is 58.7. The minimum absolute atomic E-state index is 0.100. The van der Waals surface area contributed by atoms with E-state index in [-0.39, 0.29) is 28.3 Å². The van der Waals surface area contributed by atoms with Crippen LogP contribution >= 0.6 is 0 Å². The molecule has 3 N–H and O–H groups in total. The Labute approximate surface area is 208 Å². The smallest absolute Gasteiger partial charge is 0.390 e. The number of ketones is 1. The highest BCUT2D eigenvalue weighted by atomic mass is 19.4. The van der Waals surface area contributed by atoms with Gasteiger partial charge in [-0.05, 0) is 48.9 Å². The van der Waals surface area contributed by atoms with E-state index in [1.165, 1.54) is 36.0 Å². The number of carbonyl (C=O) groups is 2. The molecule has 0 radical (unpaired) electrons. The summed E-state index contributed by atoms with van der Waals surface area (Å²) >= 11 is 0. The number of anilines is 1. The molecular weight excluding hydrogens is 494 g/mol. The molecule has 0 aliphatic heterocycles. The quantitative estimate of drug-likeness (QED) is 0.263. The molecule has 37 heavy (non-hydrogen) atoms. The van der Waals surface area contributed by atoms with Crippen molar-refractivity contribution in [1.29, 1.82) is 0 Å². The van der Waals surface area contributed by atoms with E-state index < -0.39 is 36.6 Å². The number of hydrogen-bond donors (Lipinski definition) is 2. The lowest BCUT2D eigenvalue weighted by Gasteiger charge is -2.13. The molecule has 1 amide bonds. The van der Waals surface area contributed by atoms with Crippen molar-refractivity contribution < 1.29 is 31.9 Å². The maximum atomic E-state index is 13.9. The molecule has 0 unspecified atom stereocenters. The van der Waals surface area contributed by atoms with Crippen molar-refractivity contribution in [2.75, 3.05) is 19.0 Å². The van der Waals surface area contributed by atoms with Crippen LogP contribution in [0.1, 0.15) is 38.4 Å². The van der Waals surface area contributed by atoms with Crippen LogP contribution in [0.15, 0.2) is 48.7 Å². The van der Waals surface area contributed by atoms with E-state index >= 15 is 0 Å². The van der Waals surface area contributed by atoms with Crippen LogP contribution < -0.4 is 15.8 Å². The van der Waals surface area contributed by atoms with Crippen molar-refractivity contribution in [2.45, 2.75) is 19.5 Å². The van der Waals surface area contributed by atoms with Crippen LogP contribution in [0.5, 0.6) is 5.75 Å². The number of imidazole rings is 1. The van der Waals surface area contributed by atoms with E-state index in [9.17, 15) is 27.2 Å². The standard InChI is InChI=1S/C25H21F4N5O3/c1-13-9-14(3-5-16(13)23(30)36)20-12-32-24-19(31-8-7-25(27,28)29)11-18(33-34(20)24)22(35)17-10-15(26)4-6-21(17)37-2/h3-6,9-12,31H,7-8H2,1-2H3,(H2,30,36). The fourth-order valence-electron chi connectivity index (χ4n) is 3.84. The number of rotatable bonds is 8. The molecule has 4 aromatic rings. The average molecular weight is 515 g/mol. The van der Waals surface area contributed by atoms with E-state index in [4.69, 9.17) is 10.5 Å². The first kappa shape index (κ1) is 25.6. The number of alkyl halides is 3. The summed E-state index contributed by atoms with van der Waals surface area (Å²) in [7, 11) is 1.32. The van der Waals surface area contributed by atoms with Crippen molar-refractivity contribution in [1.82, 2.24) is 14.6 Å². The molecule has 0 fully saturated rings. The monoisotopic (exact) mass is 515 g/mol. The first-order chi connectivity index (χ1) is 17.5. The van der Waals surface area contributed by atoms with Gasteiger partial charge in [-0.2, -0.15) is 18.3 Å². The number of aromatic nitrogens is 3. The number of carbonyl (C=O) groups excluding carboxylic acids is 2. The van der Waals surface area contributed by atoms with Gasteiger partial charge in [-0.1, -0.05) is 6.07 Å². The Hall–Kier alpha value is -4.48. The van der Waals surface area contributed by atoms with E-state index in [1.807, 2.05) is 0 Å². The molecule has 4 rings (SSSR count). The second-order valence-electron chi connectivity index (χ2n) is 8.18. The van der Waals surface area contributed by atoms with Gasteiger partial charge in [0.05, 0.1) is 36.7 Å². The fourth-order valence-corrected chi connectivity index (χ4v) is 3.84. The first-order valence-corrected chi connectivity index (χ1v) is 11.0. The maximum Gasteiger partial charge on any atom is 0.390 e. The zero-order valence-electron chi connectivity index (χ0n) is 19.7. The van der Waals surface area contributed by atoms with E-state index in [1.54, 1.807) is 19.1 Å². The highest BCUT2D eigenvalue weighted by molar-refractivity contribution is 6.10. The average Bonchev–Trinajstić information content (AvgIpc) is 3.26. The summed E-state index contributed by atoms with van der Waals surface area (Å²) in [6.45, 7) is 1.21. The van der Waals surface area contributed by atoms with Crippen molar-refractivity contribution in [3.8, 4) is 17.0 Å². The summed E-state index contributed by atoms with van der Waals surface area (Å²) in [5, 5.41) is 7.04. The molecule has 0 aliphatic carbocycles. The Morgan fingerprint density at radius 2 is 1.86 bits per heavy atom. The number of fused-ring (bicyclic) bond motifs is 1. The molecule has 0 saturated heterocycles. The molecule has 2 heterocycles. The number of methoxy groups -OCH3 is 1. The van der Waals surface area contributed by atoms with E-state index in [0.29, 0.717) is 22.4 Å². The largest absolute Gasteiger partial charge is 0.496 e. The molecule has 0 spiro atoms. The number of amides is 1. The van der Waals surface area contributed by atoms with Crippen LogP contribution in [0.2, 0.25) is 0 Å². The number of nitrogens with zero attached hydrogens (tertiary/aromatic N) is 3. The lowest BCUT2D eigenvalue weighted by atomic mass is 10.0. The van der Waals surface area contributed by atoms with E-state index in [2.05, 4.69) is 15.4 Å². The fraction of sp³-hybridized carbons (Fsp3) is 0.200. The summed E-state index contributed by atoms with van der Waals surface area (Å²) in [5.74, 6) is -1.89. The topological polar surface area (TPSA) is 112 Å². The highest BCUT2D eigenvalue weighted by Gasteiger charge is 2.27. The third kappa shape index (κ3) is 5.37. The first-order valence-electron chi connectivity index (χ1n) is 11.0. The van der Waals surface area contributed by atoms with Crippen molar-refractivity contribution in [3.05, 3.63) is 76.9 Å². The van der Waals surface area contributed by atoms with Crippen molar-refractivity contribution in [2.24, 2.45) is 5.73 Å². The van der Waals surface area contributed by atoms with Gasteiger partial charge in [-0.3, -0.25) is 9.59 Å². The molecule has 192 valence electrons. The maximum absolute atomic E-state index is 13.9. The van der Waals surface area contributed by atoms with Crippen LogP contribution in [-0.2, 0) is 0 Å². The third-order valence-electron chi connectivity index (χ3n) is 5.62. The Kier molecular flexibility index (Phi) is 6.84. The predicted octanol–water partition coefficient (Wildman–Crippen LogP) is 4.55. The van der Waals surface area contributed by atoms with Crippen LogP contribution in [0.4, 0.5) is 23.2 Å². The summed E-state index contributed by atoms with van der Waals surface area (Å²) in [6.07, 6.45) is -4.08. The lowest BCUT2D eigenvalue weighted by molar-refractivity contribution is -0.131. The molecule has 0 aliphatic rings. The molecule has 8 nitrogen and oxygen atoms in total. The van der Waals surface area contributed by atoms with Crippen LogP contribution in [0.3, 0.4) is 0 Å². The normalized spacial score (nSPS) is 11.5.